The number of hydrogen-bond acceptors (Lipinski definition) is 3. The molecule has 12 heteroatoms. The largest absolute Gasteiger partial charge is 0.434 e. The molecular formula is C21H20Cl2F3N5O2+2. The van der Waals surface area contributed by atoms with Crippen LogP contribution in [0.3, 0.4) is 0 Å². The van der Waals surface area contributed by atoms with Gasteiger partial charge in [0.25, 0.3) is 5.91 Å². The molecule has 0 aliphatic carbocycles. The summed E-state index contributed by atoms with van der Waals surface area (Å²) >= 11 is 12.2. The molecule has 1 aromatic carbocycles. The summed E-state index contributed by atoms with van der Waals surface area (Å²) in [4.78, 5) is 29.8. The molecule has 0 radical (unpaired) electrons. The van der Waals surface area contributed by atoms with Gasteiger partial charge in [0.1, 0.15) is 16.8 Å². The van der Waals surface area contributed by atoms with Crippen molar-refractivity contribution in [3.05, 3.63) is 69.1 Å². The Morgan fingerprint density at radius 3 is 2.52 bits per heavy atom. The SMILES string of the molecule is Cc1cc(Cl)cc(C(=O)[NH2+]C(C)C)c1NC(=O)c1cc(C(F)(F)F)[nH][n+]1-c1ncccc1Cl. The molecule has 0 spiro atoms. The maximum atomic E-state index is 13.4. The predicted molar refractivity (Wildman–Crippen MR) is 116 cm³/mol. The van der Waals surface area contributed by atoms with Gasteiger partial charge in [0.05, 0.1) is 11.7 Å². The summed E-state index contributed by atoms with van der Waals surface area (Å²) in [5.74, 6) is -1.39. The number of rotatable bonds is 5. The summed E-state index contributed by atoms with van der Waals surface area (Å²) < 4.78 is 41.0. The van der Waals surface area contributed by atoms with E-state index in [9.17, 15) is 22.8 Å². The molecule has 2 amide bonds. The number of benzene rings is 1. The van der Waals surface area contributed by atoms with E-state index < -0.39 is 23.5 Å². The lowest BCUT2D eigenvalue weighted by Gasteiger charge is -2.13. The van der Waals surface area contributed by atoms with E-state index in [4.69, 9.17) is 23.2 Å². The average Bonchev–Trinajstić information content (AvgIpc) is 3.15. The molecule has 7 nitrogen and oxygen atoms in total. The first-order chi connectivity index (χ1) is 15.4. The van der Waals surface area contributed by atoms with Gasteiger partial charge in [-0.1, -0.05) is 23.2 Å². The average molecular weight is 502 g/mol. The van der Waals surface area contributed by atoms with Crippen LogP contribution in [0.2, 0.25) is 10.0 Å². The lowest BCUT2D eigenvalue weighted by atomic mass is 10.1. The van der Waals surface area contributed by atoms with E-state index >= 15 is 0 Å². The number of hydrogen-bond donors (Lipinski definition) is 3. The minimum atomic E-state index is -4.76. The predicted octanol–water partition coefficient (Wildman–Crippen LogP) is 3.68. The van der Waals surface area contributed by atoms with E-state index in [0.29, 0.717) is 11.6 Å². The van der Waals surface area contributed by atoms with Crippen LogP contribution in [-0.4, -0.2) is 27.9 Å². The minimum Gasteiger partial charge on any atom is -0.318 e. The van der Waals surface area contributed by atoms with Crippen LogP contribution in [0.15, 0.2) is 36.5 Å². The fourth-order valence-corrected chi connectivity index (χ4v) is 3.59. The number of pyridine rings is 1. The van der Waals surface area contributed by atoms with Crippen LogP contribution < -0.4 is 15.3 Å². The van der Waals surface area contributed by atoms with Crippen molar-refractivity contribution < 1.29 is 32.8 Å². The van der Waals surface area contributed by atoms with Crippen molar-refractivity contribution in [3.63, 3.8) is 0 Å². The number of carbonyl (C=O) groups excluding carboxylic acids is 2. The third kappa shape index (κ3) is 5.52. The highest BCUT2D eigenvalue weighted by Gasteiger charge is 2.38. The molecule has 3 aromatic rings. The third-order valence-electron chi connectivity index (χ3n) is 4.53. The molecule has 0 fully saturated rings. The Morgan fingerprint density at radius 1 is 1.21 bits per heavy atom. The second-order valence-electron chi connectivity index (χ2n) is 7.57. The summed E-state index contributed by atoms with van der Waals surface area (Å²) in [6.07, 6.45) is -3.43. The molecule has 0 aliphatic heterocycles. The molecule has 3 rings (SSSR count). The van der Waals surface area contributed by atoms with Crippen molar-refractivity contribution in [2.45, 2.75) is 33.0 Å². The van der Waals surface area contributed by atoms with Crippen LogP contribution in [0.25, 0.3) is 5.82 Å². The number of amides is 2. The van der Waals surface area contributed by atoms with Gasteiger partial charge in [0, 0.05) is 11.1 Å². The van der Waals surface area contributed by atoms with Crippen molar-refractivity contribution >= 4 is 40.7 Å². The first-order valence-corrected chi connectivity index (χ1v) is 10.5. The number of primary amides is 1. The molecule has 4 N–H and O–H groups in total. The van der Waals surface area contributed by atoms with Gasteiger partial charge in [0.15, 0.2) is 5.69 Å². The quantitative estimate of drug-likeness (QED) is 0.465. The van der Waals surface area contributed by atoms with E-state index in [1.165, 1.54) is 35.8 Å². The standard InChI is InChI=1S/C21H18Cl2F3N5O2/c1-10(2)28-19(32)13-8-12(22)7-11(3)17(13)29-20(33)15-9-16(21(24,25)26)30-31(15)18-14(23)5-4-6-27-18/h4-10H,1-3H3,(H2,28,29,32,33)/p+2. The number of aromatic nitrogens is 3. The number of quaternary nitrogens is 1. The Kier molecular flexibility index (Phi) is 7.11. The molecule has 0 saturated heterocycles. The lowest BCUT2D eigenvalue weighted by Crippen LogP contribution is -2.92. The number of alkyl halides is 3. The molecule has 2 heterocycles. The summed E-state index contributed by atoms with van der Waals surface area (Å²) in [7, 11) is 0. The number of H-pyrrole nitrogens is 1. The van der Waals surface area contributed by atoms with Gasteiger partial charge in [-0.15, -0.1) is 4.68 Å². The highest BCUT2D eigenvalue weighted by Crippen LogP contribution is 2.29. The molecule has 0 aliphatic rings. The molecular weight excluding hydrogens is 482 g/mol. The number of aromatic amines is 1. The number of nitrogens with zero attached hydrogens (tertiary/aromatic N) is 2. The van der Waals surface area contributed by atoms with E-state index in [0.717, 1.165) is 4.68 Å². The number of nitrogens with one attached hydrogen (secondary N) is 2. The minimum absolute atomic E-state index is 0.0252. The maximum Gasteiger partial charge on any atom is 0.434 e. The van der Waals surface area contributed by atoms with Crippen molar-refractivity contribution in [3.8, 4) is 5.82 Å². The molecule has 0 unspecified atom stereocenters. The molecule has 0 saturated carbocycles. The van der Waals surface area contributed by atoms with Gasteiger partial charge in [-0.2, -0.15) is 13.2 Å². The van der Waals surface area contributed by atoms with Gasteiger partial charge in [-0.3, -0.25) is 10.1 Å². The van der Waals surface area contributed by atoms with E-state index in [2.05, 4.69) is 15.4 Å². The number of carbonyl (C=O) groups is 2. The fraction of sp³-hybridized carbons (Fsp3) is 0.238. The smallest absolute Gasteiger partial charge is 0.318 e. The van der Waals surface area contributed by atoms with E-state index in [-0.39, 0.29) is 39.1 Å². The van der Waals surface area contributed by atoms with Crippen LogP contribution in [0.5, 0.6) is 0 Å². The van der Waals surface area contributed by atoms with Crippen molar-refractivity contribution in [1.29, 1.82) is 0 Å². The van der Waals surface area contributed by atoms with Gasteiger partial charge < -0.3 is 5.32 Å². The Labute approximate surface area is 196 Å². The van der Waals surface area contributed by atoms with Gasteiger partial charge in [-0.05, 0) is 55.6 Å². The Morgan fingerprint density at radius 2 is 1.91 bits per heavy atom. The van der Waals surface area contributed by atoms with E-state index in [1.54, 1.807) is 6.92 Å². The molecule has 33 heavy (non-hydrogen) atoms. The summed E-state index contributed by atoms with van der Waals surface area (Å²) in [6, 6.07) is 6.42. The van der Waals surface area contributed by atoms with Gasteiger partial charge in [-0.25, -0.2) is 9.89 Å². The monoisotopic (exact) mass is 501 g/mol. The van der Waals surface area contributed by atoms with Crippen LogP contribution in [-0.2, 0) is 6.18 Å². The van der Waals surface area contributed by atoms with Crippen molar-refractivity contribution in [2.24, 2.45) is 0 Å². The Hall–Kier alpha value is -2.95. The van der Waals surface area contributed by atoms with Crippen LogP contribution in [0.4, 0.5) is 18.9 Å². The van der Waals surface area contributed by atoms with Gasteiger partial charge >= 0.3 is 17.9 Å². The Balaban J connectivity index is 2.10. The third-order valence-corrected chi connectivity index (χ3v) is 5.05. The van der Waals surface area contributed by atoms with Gasteiger partial charge in [0.2, 0.25) is 5.69 Å². The number of aryl methyl sites for hydroxylation is 1. The molecule has 0 atom stereocenters. The second kappa shape index (κ2) is 9.50. The van der Waals surface area contributed by atoms with Crippen LogP contribution in [0, 0.1) is 6.92 Å². The fourth-order valence-electron chi connectivity index (χ4n) is 3.11. The molecule has 174 valence electrons. The Bertz CT molecular complexity index is 1230. The first kappa shape index (κ1) is 24.7. The van der Waals surface area contributed by atoms with Crippen LogP contribution >= 0.6 is 23.2 Å². The second-order valence-corrected chi connectivity index (χ2v) is 8.41. The first-order valence-electron chi connectivity index (χ1n) is 9.72. The maximum absolute atomic E-state index is 13.4. The number of anilines is 1. The van der Waals surface area contributed by atoms with Crippen LogP contribution in [0.1, 0.15) is 46.0 Å². The van der Waals surface area contributed by atoms with Crippen molar-refractivity contribution in [2.75, 3.05) is 5.32 Å². The molecule has 0 bridgehead atoms. The topological polar surface area (TPSA) is 95.3 Å². The summed E-state index contributed by atoms with van der Waals surface area (Å²) in [5.41, 5.74) is -0.865. The molecule has 2 aromatic heterocycles. The van der Waals surface area contributed by atoms with E-state index in [1.807, 2.05) is 13.8 Å². The zero-order chi connectivity index (χ0) is 24.5. The normalized spacial score (nSPS) is 11.7. The summed E-state index contributed by atoms with van der Waals surface area (Å²) in [5, 5.41) is 6.43. The number of halogens is 5. The highest BCUT2D eigenvalue weighted by atomic mass is 35.5. The zero-order valence-corrected chi connectivity index (χ0v) is 19.2. The zero-order valence-electron chi connectivity index (χ0n) is 17.7. The van der Waals surface area contributed by atoms with Crippen molar-refractivity contribution in [1.82, 2.24) is 10.1 Å². The summed E-state index contributed by atoms with van der Waals surface area (Å²) in [6.45, 7) is 5.24. The number of nitrogens with two attached hydrogens (primary N) is 1. The lowest BCUT2D eigenvalue weighted by molar-refractivity contribution is -0.661. The highest BCUT2D eigenvalue weighted by molar-refractivity contribution is 6.32.